The van der Waals surface area contributed by atoms with E-state index >= 15 is 0 Å². The van der Waals surface area contributed by atoms with Crippen LogP contribution in [-0.4, -0.2) is 24.2 Å². The molecule has 1 rings (SSSR count). The van der Waals surface area contributed by atoms with Crippen LogP contribution < -0.4 is 10.1 Å². The molecular weight excluding hydrogens is 274 g/mol. The number of hydrogen-bond donors (Lipinski definition) is 2. The van der Waals surface area contributed by atoms with E-state index in [4.69, 9.17) is 9.84 Å². The van der Waals surface area contributed by atoms with Gasteiger partial charge in [0.1, 0.15) is 5.75 Å². The van der Waals surface area contributed by atoms with Gasteiger partial charge in [0.15, 0.2) is 0 Å². The molecule has 0 aliphatic heterocycles. The van der Waals surface area contributed by atoms with E-state index < -0.39 is 5.97 Å². The molecule has 0 radical (unpaired) electrons. The van der Waals surface area contributed by atoms with Crippen LogP contribution in [0.5, 0.6) is 5.75 Å². The fourth-order valence-electron chi connectivity index (χ4n) is 1.37. The highest BCUT2D eigenvalue weighted by Gasteiger charge is 2.10. The van der Waals surface area contributed by atoms with Crippen molar-refractivity contribution in [2.45, 2.75) is 19.4 Å². The second-order valence-electron chi connectivity index (χ2n) is 3.49. The van der Waals surface area contributed by atoms with Gasteiger partial charge in [-0.3, -0.25) is 4.79 Å². The zero-order chi connectivity index (χ0) is 12.1. The Morgan fingerprint density at radius 3 is 2.88 bits per heavy atom. The third kappa shape index (κ3) is 3.73. The van der Waals surface area contributed by atoms with E-state index in [2.05, 4.69) is 21.2 Å². The van der Waals surface area contributed by atoms with Crippen LogP contribution in [-0.2, 0) is 4.79 Å². The van der Waals surface area contributed by atoms with Crippen molar-refractivity contribution in [2.75, 3.05) is 12.4 Å². The molecule has 0 amide bonds. The summed E-state index contributed by atoms with van der Waals surface area (Å²) in [7, 11) is 1.58. The third-order valence-corrected chi connectivity index (χ3v) is 2.54. The number of hydrogen-bond acceptors (Lipinski definition) is 3. The lowest BCUT2D eigenvalue weighted by Crippen LogP contribution is -2.19. The van der Waals surface area contributed by atoms with Crippen molar-refractivity contribution in [3.05, 3.63) is 22.7 Å². The summed E-state index contributed by atoms with van der Waals surface area (Å²) in [5.41, 5.74) is 0.783. The number of aliphatic carboxylic acids is 1. The Hall–Kier alpha value is -1.23. The molecule has 88 valence electrons. The summed E-state index contributed by atoms with van der Waals surface area (Å²) in [5.74, 6) is -0.130. The highest BCUT2D eigenvalue weighted by Crippen LogP contribution is 2.28. The fourth-order valence-corrected chi connectivity index (χ4v) is 1.73. The van der Waals surface area contributed by atoms with Crippen LogP contribution in [0.4, 0.5) is 5.69 Å². The molecule has 5 heteroatoms. The third-order valence-electron chi connectivity index (χ3n) is 2.04. The second kappa shape index (κ2) is 5.75. The van der Waals surface area contributed by atoms with Gasteiger partial charge in [-0.05, 0) is 25.1 Å². The number of carboxylic acid groups (broad SMARTS) is 1. The zero-order valence-corrected chi connectivity index (χ0v) is 10.7. The molecule has 0 aliphatic rings. The molecule has 2 N–H and O–H groups in total. The van der Waals surface area contributed by atoms with Crippen molar-refractivity contribution in [1.82, 2.24) is 0 Å². The Kier molecular flexibility index (Phi) is 4.61. The molecule has 1 aromatic carbocycles. The van der Waals surface area contributed by atoms with E-state index in [0.717, 1.165) is 10.2 Å². The Labute approximate surface area is 103 Å². The minimum atomic E-state index is -0.825. The van der Waals surface area contributed by atoms with E-state index in [1.165, 1.54) is 0 Å². The van der Waals surface area contributed by atoms with E-state index in [-0.39, 0.29) is 12.5 Å². The number of nitrogens with one attached hydrogen (secondary N) is 1. The molecule has 0 aliphatic carbocycles. The fraction of sp³-hybridized carbons (Fsp3) is 0.364. The van der Waals surface area contributed by atoms with Gasteiger partial charge in [0.25, 0.3) is 0 Å². The van der Waals surface area contributed by atoms with Crippen molar-refractivity contribution < 1.29 is 14.6 Å². The lowest BCUT2D eigenvalue weighted by Gasteiger charge is -2.16. The van der Waals surface area contributed by atoms with Gasteiger partial charge in [-0.15, -0.1) is 0 Å². The standard InChI is InChI=1S/C11H14BrNO3/c1-7(5-11(14)15)13-9-6-8(12)3-4-10(9)16-2/h3-4,6-7,13H,5H2,1-2H3,(H,14,15). The number of ether oxygens (including phenoxy) is 1. The van der Waals surface area contributed by atoms with Crippen molar-refractivity contribution >= 4 is 27.6 Å². The maximum atomic E-state index is 10.5. The quantitative estimate of drug-likeness (QED) is 0.874. The van der Waals surface area contributed by atoms with Crippen LogP contribution in [0.1, 0.15) is 13.3 Å². The summed E-state index contributed by atoms with van der Waals surface area (Å²) in [5, 5.41) is 11.8. The van der Waals surface area contributed by atoms with E-state index in [9.17, 15) is 4.79 Å². The summed E-state index contributed by atoms with van der Waals surface area (Å²) in [6.45, 7) is 1.81. The molecule has 0 bridgehead atoms. The normalized spacial score (nSPS) is 11.9. The van der Waals surface area contributed by atoms with Crippen LogP contribution in [0.15, 0.2) is 22.7 Å². The minimum Gasteiger partial charge on any atom is -0.495 e. The first-order valence-electron chi connectivity index (χ1n) is 4.84. The summed E-state index contributed by atoms with van der Waals surface area (Å²) >= 11 is 3.35. The first kappa shape index (κ1) is 12.8. The minimum absolute atomic E-state index is 0.0651. The van der Waals surface area contributed by atoms with Crippen molar-refractivity contribution in [3.8, 4) is 5.75 Å². The Morgan fingerprint density at radius 1 is 1.62 bits per heavy atom. The van der Waals surface area contributed by atoms with Crippen molar-refractivity contribution in [3.63, 3.8) is 0 Å². The first-order valence-corrected chi connectivity index (χ1v) is 5.64. The molecular formula is C11H14BrNO3. The summed E-state index contributed by atoms with van der Waals surface area (Å²) in [6, 6.07) is 5.39. The number of carboxylic acids is 1. The van der Waals surface area contributed by atoms with Gasteiger partial charge >= 0.3 is 5.97 Å². The Balaban J connectivity index is 2.78. The Morgan fingerprint density at radius 2 is 2.31 bits per heavy atom. The van der Waals surface area contributed by atoms with Gasteiger partial charge in [0.2, 0.25) is 0 Å². The highest BCUT2D eigenvalue weighted by atomic mass is 79.9. The maximum Gasteiger partial charge on any atom is 0.305 e. The molecule has 0 fully saturated rings. The monoisotopic (exact) mass is 287 g/mol. The van der Waals surface area contributed by atoms with Gasteiger partial charge in [0, 0.05) is 10.5 Å². The lowest BCUT2D eigenvalue weighted by atomic mass is 10.2. The van der Waals surface area contributed by atoms with Gasteiger partial charge in [-0.1, -0.05) is 15.9 Å². The largest absolute Gasteiger partial charge is 0.495 e. The Bertz CT molecular complexity index is 381. The molecule has 0 saturated heterocycles. The first-order chi connectivity index (χ1) is 7.52. The van der Waals surface area contributed by atoms with Crippen LogP contribution in [0.2, 0.25) is 0 Å². The number of anilines is 1. The van der Waals surface area contributed by atoms with E-state index in [0.29, 0.717) is 5.75 Å². The maximum absolute atomic E-state index is 10.5. The summed E-state index contributed by atoms with van der Waals surface area (Å²) in [4.78, 5) is 10.5. The molecule has 1 aromatic rings. The van der Waals surface area contributed by atoms with E-state index in [1.54, 1.807) is 7.11 Å². The van der Waals surface area contributed by atoms with E-state index in [1.807, 2.05) is 25.1 Å². The average molecular weight is 288 g/mol. The predicted octanol–water partition coefficient (Wildman–Crippen LogP) is 2.73. The second-order valence-corrected chi connectivity index (χ2v) is 4.40. The van der Waals surface area contributed by atoms with Crippen LogP contribution in [0, 0.1) is 0 Å². The number of carbonyl (C=O) groups is 1. The molecule has 4 nitrogen and oxygen atoms in total. The van der Waals surface area contributed by atoms with Crippen LogP contribution >= 0.6 is 15.9 Å². The highest BCUT2D eigenvalue weighted by molar-refractivity contribution is 9.10. The van der Waals surface area contributed by atoms with Gasteiger partial charge in [0.05, 0.1) is 19.2 Å². The molecule has 0 saturated carbocycles. The summed E-state index contributed by atoms with van der Waals surface area (Å²) < 4.78 is 6.09. The SMILES string of the molecule is COc1ccc(Br)cc1NC(C)CC(=O)O. The number of rotatable bonds is 5. The summed E-state index contributed by atoms with van der Waals surface area (Å²) in [6.07, 6.45) is 0.0651. The smallest absolute Gasteiger partial charge is 0.305 e. The topological polar surface area (TPSA) is 58.6 Å². The van der Waals surface area contributed by atoms with Gasteiger partial charge in [-0.25, -0.2) is 0 Å². The van der Waals surface area contributed by atoms with Crippen molar-refractivity contribution in [1.29, 1.82) is 0 Å². The average Bonchev–Trinajstić information content (AvgIpc) is 2.16. The van der Waals surface area contributed by atoms with Crippen molar-refractivity contribution in [2.24, 2.45) is 0 Å². The lowest BCUT2D eigenvalue weighted by molar-refractivity contribution is -0.137. The number of halogens is 1. The predicted molar refractivity (Wildman–Crippen MR) is 66.0 cm³/mol. The molecule has 0 aromatic heterocycles. The molecule has 16 heavy (non-hydrogen) atoms. The number of methoxy groups -OCH3 is 1. The zero-order valence-electron chi connectivity index (χ0n) is 9.16. The van der Waals surface area contributed by atoms with Crippen LogP contribution in [0.25, 0.3) is 0 Å². The molecule has 0 heterocycles. The number of benzene rings is 1. The molecule has 1 unspecified atom stereocenters. The molecule has 1 atom stereocenters. The van der Waals surface area contributed by atoms with Crippen LogP contribution in [0.3, 0.4) is 0 Å². The van der Waals surface area contributed by atoms with Gasteiger partial charge < -0.3 is 15.2 Å². The molecule has 0 spiro atoms. The van der Waals surface area contributed by atoms with Gasteiger partial charge in [-0.2, -0.15) is 0 Å².